The second kappa shape index (κ2) is 6.14. The van der Waals surface area contributed by atoms with Crippen molar-refractivity contribution in [2.24, 2.45) is 5.73 Å². The van der Waals surface area contributed by atoms with E-state index in [1.54, 1.807) is 12.1 Å². The number of anilines is 1. The van der Waals surface area contributed by atoms with E-state index < -0.39 is 5.91 Å². The number of hydrogen-bond acceptors (Lipinski definition) is 4. The number of primary amides is 1. The van der Waals surface area contributed by atoms with Gasteiger partial charge < -0.3 is 11.1 Å². The second-order valence-corrected chi connectivity index (χ2v) is 6.73. The zero-order valence-electron chi connectivity index (χ0n) is 13.3. The minimum atomic E-state index is -0.461. The Hall–Kier alpha value is -2.99. The van der Waals surface area contributed by atoms with Gasteiger partial charge in [-0.25, -0.2) is 4.98 Å². The van der Waals surface area contributed by atoms with E-state index in [0.717, 1.165) is 39.5 Å². The molecule has 0 saturated carbocycles. The Morgan fingerprint density at radius 3 is 2.84 bits per heavy atom. The second-order valence-electron chi connectivity index (χ2n) is 5.87. The largest absolute Gasteiger partial charge is 0.366 e. The number of aryl methyl sites for hydroxylation is 1. The summed E-state index contributed by atoms with van der Waals surface area (Å²) in [6.45, 7) is 0. The number of amides is 2. The molecule has 2 amide bonds. The number of nitrogens with zero attached hydrogens (tertiary/aromatic N) is 1. The Morgan fingerprint density at radius 1 is 1.16 bits per heavy atom. The third kappa shape index (κ3) is 2.92. The molecule has 0 unspecified atom stereocenters. The summed E-state index contributed by atoms with van der Waals surface area (Å²) in [6, 6.07) is 13.1. The lowest BCUT2D eigenvalue weighted by Gasteiger charge is -2.17. The van der Waals surface area contributed by atoms with Crippen LogP contribution in [0, 0.1) is 0 Å². The highest BCUT2D eigenvalue weighted by atomic mass is 32.1. The third-order valence-electron chi connectivity index (χ3n) is 4.22. The van der Waals surface area contributed by atoms with E-state index in [1.165, 1.54) is 11.3 Å². The van der Waals surface area contributed by atoms with Gasteiger partial charge in [-0.05, 0) is 30.2 Å². The molecule has 0 radical (unpaired) electrons. The summed E-state index contributed by atoms with van der Waals surface area (Å²) in [4.78, 5) is 27.8. The Kier molecular flexibility index (Phi) is 3.82. The zero-order chi connectivity index (χ0) is 17.4. The summed E-state index contributed by atoms with van der Waals surface area (Å²) in [5, 5.41) is 5.61. The Morgan fingerprint density at radius 2 is 2.00 bits per heavy atom. The first kappa shape index (κ1) is 15.5. The van der Waals surface area contributed by atoms with Gasteiger partial charge in [0, 0.05) is 34.2 Å². The van der Waals surface area contributed by atoms with E-state index in [2.05, 4.69) is 16.4 Å². The van der Waals surface area contributed by atoms with Gasteiger partial charge in [0.2, 0.25) is 11.8 Å². The van der Waals surface area contributed by atoms with Gasteiger partial charge in [0.05, 0.1) is 5.69 Å². The number of nitrogens with two attached hydrogens (primary N) is 1. The SMILES string of the molecule is NC(=O)c1ccccc1-c1nc(-c2ccc3c(c2)CCC(=O)N3)cs1. The molecule has 1 aromatic heterocycles. The molecule has 124 valence electrons. The van der Waals surface area contributed by atoms with Gasteiger partial charge in [0.25, 0.3) is 0 Å². The molecule has 3 aromatic rings. The van der Waals surface area contributed by atoms with Crippen LogP contribution in [0.2, 0.25) is 0 Å². The Balaban J connectivity index is 1.71. The number of aromatic nitrogens is 1. The van der Waals surface area contributed by atoms with E-state index in [0.29, 0.717) is 12.0 Å². The van der Waals surface area contributed by atoms with Crippen LogP contribution in [0.3, 0.4) is 0 Å². The van der Waals surface area contributed by atoms with Gasteiger partial charge in [0.1, 0.15) is 5.01 Å². The summed E-state index contributed by atoms with van der Waals surface area (Å²) < 4.78 is 0. The maximum atomic E-state index is 11.6. The monoisotopic (exact) mass is 349 g/mol. The smallest absolute Gasteiger partial charge is 0.249 e. The maximum absolute atomic E-state index is 11.6. The molecule has 0 aliphatic carbocycles. The van der Waals surface area contributed by atoms with E-state index in [4.69, 9.17) is 5.73 Å². The average Bonchev–Trinajstić information content (AvgIpc) is 3.11. The standard InChI is InChI=1S/C19H15N3O2S/c20-18(24)13-3-1-2-4-14(13)19-22-16(10-25-19)12-5-7-15-11(9-12)6-8-17(23)21-15/h1-5,7,9-10H,6,8H2,(H2,20,24)(H,21,23). The van der Waals surface area contributed by atoms with Crippen molar-refractivity contribution in [2.75, 3.05) is 5.32 Å². The molecule has 0 bridgehead atoms. The number of benzene rings is 2. The van der Waals surface area contributed by atoms with Crippen molar-refractivity contribution >= 4 is 28.8 Å². The van der Waals surface area contributed by atoms with Crippen LogP contribution in [0.4, 0.5) is 5.69 Å². The summed E-state index contributed by atoms with van der Waals surface area (Å²) >= 11 is 1.48. The molecule has 2 aromatic carbocycles. The molecular formula is C19H15N3O2S. The number of nitrogens with one attached hydrogen (secondary N) is 1. The fourth-order valence-corrected chi connectivity index (χ4v) is 3.83. The molecule has 0 fully saturated rings. The molecule has 0 saturated heterocycles. The zero-order valence-corrected chi connectivity index (χ0v) is 14.1. The van der Waals surface area contributed by atoms with Crippen LogP contribution in [-0.2, 0) is 11.2 Å². The maximum Gasteiger partial charge on any atom is 0.249 e. The van der Waals surface area contributed by atoms with Crippen molar-refractivity contribution in [1.82, 2.24) is 4.98 Å². The van der Waals surface area contributed by atoms with Gasteiger partial charge in [-0.15, -0.1) is 11.3 Å². The molecule has 1 aliphatic rings. The highest BCUT2D eigenvalue weighted by Crippen LogP contribution is 2.33. The van der Waals surface area contributed by atoms with E-state index in [-0.39, 0.29) is 5.91 Å². The molecule has 5 nitrogen and oxygen atoms in total. The molecule has 0 atom stereocenters. The van der Waals surface area contributed by atoms with Crippen molar-refractivity contribution in [3.05, 3.63) is 59.0 Å². The first-order valence-electron chi connectivity index (χ1n) is 7.90. The van der Waals surface area contributed by atoms with Crippen LogP contribution >= 0.6 is 11.3 Å². The number of hydrogen-bond donors (Lipinski definition) is 2. The fraction of sp³-hybridized carbons (Fsp3) is 0.105. The minimum absolute atomic E-state index is 0.0549. The Labute approximate surface area is 148 Å². The predicted octanol–water partition coefficient (Wildman–Crippen LogP) is 3.46. The van der Waals surface area contributed by atoms with Gasteiger partial charge in [-0.1, -0.05) is 24.3 Å². The van der Waals surface area contributed by atoms with Gasteiger partial charge in [-0.3, -0.25) is 9.59 Å². The van der Waals surface area contributed by atoms with Crippen LogP contribution in [0.5, 0.6) is 0 Å². The first-order valence-corrected chi connectivity index (χ1v) is 8.77. The quantitative estimate of drug-likeness (QED) is 0.759. The van der Waals surface area contributed by atoms with Crippen LogP contribution in [0.25, 0.3) is 21.8 Å². The number of carbonyl (C=O) groups is 2. The predicted molar refractivity (Wildman–Crippen MR) is 98.5 cm³/mol. The first-order chi connectivity index (χ1) is 12.1. The van der Waals surface area contributed by atoms with Crippen LogP contribution in [0.1, 0.15) is 22.3 Å². The molecule has 2 heterocycles. The number of fused-ring (bicyclic) bond motifs is 1. The highest BCUT2D eigenvalue weighted by molar-refractivity contribution is 7.13. The van der Waals surface area contributed by atoms with Crippen LogP contribution in [-0.4, -0.2) is 16.8 Å². The van der Waals surface area contributed by atoms with Crippen molar-refractivity contribution in [3.8, 4) is 21.8 Å². The van der Waals surface area contributed by atoms with E-state index >= 15 is 0 Å². The van der Waals surface area contributed by atoms with Gasteiger partial charge in [0.15, 0.2) is 0 Å². The summed E-state index contributed by atoms with van der Waals surface area (Å²) in [6.07, 6.45) is 1.24. The lowest BCUT2D eigenvalue weighted by molar-refractivity contribution is -0.116. The van der Waals surface area contributed by atoms with Crippen LogP contribution < -0.4 is 11.1 Å². The molecule has 3 N–H and O–H groups in total. The summed E-state index contributed by atoms with van der Waals surface area (Å²) in [5.41, 5.74) is 10.5. The Bertz CT molecular complexity index is 994. The fourth-order valence-electron chi connectivity index (χ4n) is 2.96. The topological polar surface area (TPSA) is 85.1 Å². The molecule has 25 heavy (non-hydrogen) atoms. The molecular weight excluding hydrogens is 334 g/mol. The molecule has 1 aliphatic heterocycles. The third-order valence-corrected chi connectivity index (χ3v) is 5.10. The van der Waals surface area contributed by atoms with E-state index in [1.807, 2.05) is 29.6 Å². The van der Waals surface area contributed by atoms with Crippen molar-refractivity contribution in [1.29, 1.82) is 0 Å². The van der Waals surface area contributed by atoms with Crippen molar-refractivity contribution < 1.29 is 9.59 Å². The van der Waals surface area contributed by atoms with Crippen molar-refractivity contribution in [2.45, 2.75) is 12.8 Å². The van der Waals surface area contributed by atoms with Crippen LogP contribution in [0.15, 0.2) is 47.8 Å². The van der Waals surface area contributed by atoms with E-state index in [9.17, 15) is 9.59 Å². The average molecular weight is 349 g/mol. The lowest BCUT2D eigenvalue weighted by Crippen LogP contribution is -2.18. The van der Waals surface area contributed by atoms with Gasteiger partial charge >= 0.3 is 0 Å². The number of rotatable bonds is 3. The molecule has 4 rings (SSSR count). The molecule has 0 spiro atoms. The highest BCUT2D eigenvalue weighted by Gasteiger charge is 2.17. The minimum Gasteiger partial charge on any atom is -0.366 e. The van der Waals surface area contributed by atoms with Crippen molar-refractivity contribution in [3.63, 3.8) is 0 Å². The number of thiazole rings is 1. The van der Waals surface area contributed by atoms with Gasteiger partial charge in [-0.2, -0.15) is 0 Å². The lowest BCUT2D eigenvalue weighted by atomic mass is 9.99. The summed E-state index contributed by atoms with van der Waals surface area (Å²) in [7, 11) is 0. The molecule has 6 heteroatoms. The normalized spacial score (nSPS) is 13.2. The summed E-state index contributed by atoms with van der Waals surface area (Å²) in [5.74, 6) is -0.406. The number of carbonyl (C=O) groups excluding carboxylic acids is 2.